The highest BCUT2D eigenvalue weighted by Crippen LogP contribution is 2.27. The van der Waals surface area contributed by atoms with Gasteiger partial charge in [-0.1, -0.05) is 41.9 Å². The largest absolute Gasteiger partial charge is 0.324 e. The van der Waals surface area contributed by atoms with Gasteiger partial charge in [0.05, 0.1) is 10.6 Å². The fourth-order valence-corrected chi connectivity index (χ4v) is 4.79. The molecule has 0 unspecified atom stereocenters. The van der Waals surface area contributed by atoms with Crippen molar-refractivity contribution in [3.63, 3.8) is 0 Å². The van der Waals surface area contributed by atoms with Gasteiger partial charge in [-0.15, -0.1) is 0 Å². The number of carbonyl (C=O) groups is 1. The molecule has 0 spiro atoms. The molecule has 0 saturated carbocycles. The smallest absolute Gasteiger partial charge is 0.264 e. The molecule has 0 aromatic heterocycles. The van der Waals surface area contributed by atoms with Gasteiger partial charge in [-0.2, -0.15) is 0 Å². The monoisotopic (exact) mass is 442 g/mol. The Bertz CT molecular complexity index is 1160. The molecule has 0 bridgehead atoms. The van der Waals surface area contributed by atoms with E-state index in [1.165, 1.54) is 12.1 Å². The molecule has 0 saturated heterocycles. The SMILES string of the molecule is Cc1cc(C)cc(N(CC(=O)Nc2cccc(Cl)c2C)S(=O)(=O)c2ccccc2)c1. The van der Waals surface area contributed by atoms with Gasteiger partial charge in [0.15, 0.2) is 0 Å². The van der Waals surface area contributed by atoms with Gasteiger partial charge in [0.25, 0.3) is 10.0 Å². The normalized spacial score (nSPS) is 11.2. The number of hydrogen-bond donors (Lipinski definition) is 1. The Hall–Kier alpha value is -2.83. The molecule has 1 amide bonds. The summed E-state index contributed by atoms with van der Waals surface area (Å²) >= 11 is 6.13. The summed E-state index contributed by atoms with van der Waals surface area (Å²) < 4.78 is 27.9. The maximum absolute atomic E-state index is 13.4. The van der Waals surface area contributed by atoms with Crippen molar-refractivity contribution < 1.29 is 13.2 Å². The highest BCUT2D eigenvalue weighted by molar-refractivity contribution is 7.92. The highest BCUT2D eigenvalue weighted by Gasteiger charge is 2.27. The highest BCUT2D eigenvalue weighted by atomic mass is 35.5. The van der Waals surface area contributed by atoms with Crippen molar-refractivity contribution in [3.8, 4) is 0 Å². The minimum atomic E-state index is -3.95. The molecule has 30 heavy (non-hydrogen) atoms. The van der Waals surface area contributed by atoms with Gasteiger partial charge in [0.2, 0.25) is 5.91 Å². The van der Waals surface area contributed by atoms with Crippen LogP contribution in [-0.4, -0.2) is 20.9 Å². The Labute approximate surface area is 182 Å². The Morgan fingerprint density at radius 1 is 0.933 bits per heavy atom. The molecule has 0 heterocycles. The molecule has 3 rings (SSSR count). The van der Waals surface area contributed by atoms with Crippen LogP contribution in [0.3, 0.4) is 0 Å². The van der Waals surface area contributed by atoms with E-state index in [1.54, 1.807) is 55.5 Å². The van der Waals surface area contributed by atoms with Crippen molar-refractivity contribution in [3.05, 3.63) is 88.4 Å². The van der Waals surface area contributed by atoms with Crippen molar-refractivity contribution in [1.29, 1.82) is 0 Å². The number of carbonyl (C=O) groups excluding carboxylic acids is 1. The van der Waals surface area contributed by atoms with E-state index < -0.39 is 15.9 Å². The van der Waals surface area contributed by atoms with Crippen LogP contribution < -0.4 is 9.62 Å². The fraction of sp³-hybridized carbons (Fsp3) is 0.174. The van der Waals surface area contributed by atoms with E-state index in [-0.39, 0.29) is 11.4 Å². The van der Waals surface area contributed by atoms with Crippen molar-refractivity contribution in [1.82, 2.24) is 0 Å². The van der Waals surface area contributed by atoms with E-state index in [0.717, 1.165) is 21.0 Å². The van der Waals surface area contributed by atoms with Gasteiger partial charge >= 0.3 is 0 Å². The van der Waals surface area contributed by atoms with Gasteiger partial charge in [0, 0.05) is 10.7 Å². The molecule has 0 atom stereocenters. The maximum Gasteiger partial charge on any atom is 0.264 e. The lowest BCUT2D eigenvalue weighted by Gasteiger charge is -2.25. The summed E-state index contributed by atoms with van der Waals surface area (Å²) in [4.78, 5) is 13.0. The standard InChI is InChI=1S/C23H23ClN2O3S/c1-16-12-17(2)14-19(13-16)26(30(28,29)20-8-5-4-6-9-20)15-23(27)25-22-11-7-10-21(24)18(22)3/h4-14H,15H2,1-3H3,(H,25,27). The number of aryl methyl sites for hydroxylation is 2. The lowest BCUT2D eigenvalue weighted by atomic mass is 10.1. The van der Waals surface area contributed by atoms with Crippen molar-refractivity contribution in [2.24, 2.45) is 0 Å². The summed E-state index contributed by atoms with van der Waals surface area (Å²) in [5.74, 6) is -0.459. The first-order valence-electron chi connectivity index (χ1n) is 9.39. The van der Waals surface area contributed by atoms with Crippen LogP contribution in [0.15, 0.2) is 71.6 Å². The van der Waals surface area contributed by atoms with Gasteiger partial charge in [-0.25, -0.2) is 8.42 Å². The predicted octanol–water partition coefficient (Wildman–Crippen LogP) is 5.10. The zero-order valence-electron chi connectivity index (χ0n) is 17.0. The molecule has 7 heteroatoms. The molecule has 3 aromatic carbocycles. The summed E-state index contributed by atoms with van der Waals surface area (Å²) in [6.07, 6.45) is 0. The number of anilines is 2. The molecule has 0 aliphatic heterocycles. The third kappa shape index (κ3) is 4.83. The second kappa shape index (κ2) is 8.90. The van der Waals surface area contributed by atoms with Crippen LogP contribution in [0.2, 0.25) is 5.02 Å². The van der Waals surface area contributed by atoms with Gasteiger partial charge in [-0.3, -0.25) is 9.10 Å². The number of hydrogen-bond acceptors (Lipinski definition) is 3. The first-order valence-corrected chi connectivity index (χ1v) is 11.2. The number of sulfonamides is 1. The van der Waals surface area contributed by atoms with Crippen molar-refractivity contribution >= 4 is 38.9 Å². The Kier molecular flexibility index (Phi) is 6.48. The summed E-state index contributed by atoms with van der Waals surface area (Å²) in [6, 6.07) is 18.7. The summed E-state index contributed by atoms with van der Waals surface area (Å²) in [5, 5.41) is 3.30. The van der Waals surface area contributed by atoms with Gasteiger partial charge < -0.3 is 5.32 Å². The molecule has 3 aromatic rings. The molecule has 5 nitrogen and oxygen atoms in total. The average molecular weight is 443 g/mol. The number of halogens is 1. The van der Waals surface area contributed by atoms with E-state index in [2.05, 4.69) is 5.32 Å². The maximum atomic E-state index is 13.4. The summed E-state index contributed by atoms with van der Waals surface area (Å²) in [6.45, 7) is 5.20. The number of amides is 1. The molecule has 1 N–H and O–H groups in total. The average Bonchev–Trinajstić information content (AvgIpc) is 2.69. The van der Waals surface area contributed by atoms with E-state index in [4.69, 9.17) is 11.6 Å². The summed E-state index contributed by atoms with van der Waals surface area (Å²) in [7, 11) is -3.95. The zero-order valence-corrected chi connectivity index (χ0v) is 18.6. The Balaban J connectivity index is 1.99. The molecule has 0 fully saturated rings. The molecule has 0 aliphatic carbocycles. The van der Waals surface area contributed by atoms with Crippen LogP contribution in [-0.2, 0) is 14.8 Å². The number of benzene rings is 3. The third-order valence-electron chi connectivity index (χ3n) is 4.65. The van der Waals surface area contributed by atoms with Gasteiger partial charge in [0.1, 0.15) is 6.54 Å². The first-order chi connectivity index (χ1) is 14.2. The van der Waals surface area contributed by atoms with Crippen LogP contribution in [0.4, 0.5) is 11.4 Å². The first kappa shape index (κ1) is 21.9. The third-order valence-corrected chi connectivity index (χ3v) is 6.85. The molecule has 0 radical (unpaired) electrons. The Morgan fingerprint density at radius 2 is 1.57 bits per heavy atom. The number of nitrogens with one attached hydrogen (secondary N) is 1. The van der Waals surface area contributed by atoms with Crippen LogP contribution >= 0.6 is 11.6 Å². The minimum Gasteiger partial charge on any atom is -0.324 e. The molecule has 0 aliphatic rings. The summed E-state index contributed by atoms with van der Waals surface area (Å²) in [5.41, 5.74) is 3.52. The van der Waals surface area contributed by atoms with E-state index in [9.17, 15) is 13.2 Å². The molecular weight excluding hydrogens is 420 g/mol. The van der Waals surface area contributed by atoms with Gasteiger partial charge in [-0.05, 0) is 73.9 Å². The quantitative estimate of drug-likeness (QED) is 0.577. The van der Waals surface area contributed by atoms with Crippen LogP contribution in [0.25, 0.3) is 0 Å². The second-order valence-corrected chi connectivity index (χ2v) is 9.40. The van der Waals surface area contributed by atoms with E-state index in [0.29, 0.717) is 16.4 Å². The van der Waals surface area contributed by atoms with Crippen LogP contribution in [0.1, 0.15) is 16.7 Å². The molecular formula is C23H23ClN2O3S. The minimum absolute atomic E-state index is 0.121. The second-order valence-electron chi connectivity index (χ2n) is 7.13. The lowest BCUT2D eigenvalue weighted by molar-refractivity contribution is -0.114. The predicted molar refractivity (Wildman–Crippen MR) is 122 cm³/mol. The Morgan fingerprint density at radius 3 is 2.20 bits per heavy atom. The lowest BCUT2D eigenvalue weighted by Crippen LogP contribution is -2.38. The van der Waals surface area contributed by atoms with Crippen molar-refractivity contribution in [2.75, 3.05) is 16.2 Å². The zero-order chi connectivity index (χ0) is 21.9. The number of rotatable bonds is 6. The van der Waals surface area contributed by atoms with E-state index in [1.807, 2.05) is 19.9 Å². The topological polar surface area (TPSA) is 66.5 Å². The van der Waals surface area contributed by atoms with Crippen LogP contribution in [0, 0.1) is 20.8 Å². The number of nitrogens with zero attached hydrogens (tertiary/aromatic N) is 1. The fourth-order valence-electron chi connectivity index (χ4n) is 3.19. The van der Waals surface area contributed by atoms with E-state index >= 15 is 0 Å². The van der Waals surface area contributed by atoms with Crippen molar-refractivity contribution in [2.45, 2.75) is 25.7 Å². The molecule has 156 valence electrons. The van der Waals surface area contributed by atoms with Crippen LogP contribution in [0.5, 0.6) is 0 Å².